The number of para-hydroxylation sites is 1. The Bertz CT molecular complexity index is 637. The van der Waals surface area contributed by atoms with E-state index < -0.39 is 0 Å². The third-order valence-electron chi connectivity index (χ3n) is 4.18. The van der Waals surface area contributed by atoms with Crippen molar-refractivity contribution < 1.29 is 0 Å². The maximum Gasteiger partial charge on any atom is 0.0340 e. The van der Waals surface area contributed by atoms with E-state index in [0.29, 0.717) is 5.92 Å². The smallest absolute Gasteiger partial charge is 0.0340 e. The highest BCUT2D eigenvalue weighted by Gasteiger charge is 2.13. The lowest BCUT2D eigenvalue weighted by molar-refractivity contribution is 0.680. The Morgan fingerprint density at radius 1 is 0.609 bits per heavy atom. The molecule has 0 aromatic heterocycles. The van der Waals surface area contributed by atoms with Gasteiger partial charge in [-0.15, -0.1) is 0 Å². The zero-order valence-electron chi connectivity index (χ0n) is 13.4. The van der Waals surface area contributed by atoms with Gasteiger partial charge < -0.3 is 5.32 Å². The molecule has 0 aliphatic heterocycles. The number of nitrogens with one attached hydrogen (secondary N) is 1. The van der Waals surface area contributed by atoms with E-state index >= 15 is 0 Å². The molecule has 0 aliphatic rings. The molecule has 1 N–H and O–H groups in total. The molecule has 0 saturated carbocycles. The first kappa shape index (κ1) is 15.4. The third-order valence-corrected chi connectivity index (χ3v) is 4.18. The highest BCUT2D eigenvalue weighted by molar-refractivity contribution is 5.42. The van der Waals surface area contributed by atoms with Crippen molar-refractivity contribution in [3.63, 3.8) is 0 Å². The first-order valence-corrected chi connectivity index (χ1v) is 8.32. The Hall–Kier alpha value is -2.54. The molecule has 0 unspecified atom stereocenters. The Kier molecular flexibility index (Phi) is 5.47. The molecule has 0 amide bonds. The van der Waals surface area contributed by atoms with Crippen LogP contribution in [-0.4, -0.2) is 6.54 Å². The molecule has 1 nitrogen and oxygen atoms in total. The van der Waals surface area contributed by atoms with Gasteiger partial charge in [0, 0.05) is 18.2 Å². The van der Waals surface area contributed by atoms with Crippen LogP contribution in [0, 0.1) is 0 Å². The van der Waals surface area contributed by atoms with Gasteiger partial charge >= 0.3 is 0 Å². The van der Waals surface area contributed by atoms with Crippen LogP contribution in [0.25, 0.3) is 0 Å². The summed E-state index contributed by atoms with van der Waals surface area (Å²) in [6.07, 6.45) is 2.29. The van der Waals surface area contributed by atoms with E-state index in [4.69, 9.17) is 0 Å². The van der Waals surface area contributed by atoms with Gasteiger partial charge in [-0.3, -0.25) is 0 Å². The van der Waals surface area contributed by atoms with Crippen LogP contribution in [0.15, 0.2) is 91.0 Å². The number of benzene rings is 3. The summed E-state index contributed by atoms with van der Waals surface area (Å²) in [5, 5.41) is 3.50. The second kappa shape index (κ2) is 8.19. The van der Waals surface area contributed by atoms with Gasteiger partial charge in [0.05, 0.1) is 0 Å². The molecule has 3 aromatic rings. The molecule has 0 saturated heterocycles. The summed E-state index contributed by atoms with van der Waals surface area (Å²) in [5.74, 6) is 0.468. The molecule has 0 atom stereocenters. The van der Waals surface area contributed by atoms with Crippen LogP contribution in [0.5, 0.6) is 0 Å². The maximum atomic E-state index is 3.50. The predicted octanol–water partition coefficient (Wildman–Crippen LogP) is 5.71. The minimum absolute atomic E-state index is 0.468. The van der Waals surface area contributed by atoms with Crippen molar-refractivity contribution in [2.75, 3.05) is 11.9 Å². The van der Waals surface area contributed by atoms with Crippen molar-refractivity contribution in [2.45, 2.75) is 18.8 Å². The first-order valence-electron chi connectivity index (χ1n) is 8.32. The summed E-state index contributed by atoms with van der Waals surface area (Å²) < 4.78 is 0. The number of hydrogen-bond donors (Lipinski definition) is 1. The zero-order chi connectivity index (χ0) is 15.7. The van der Waals surface area contributed by atoms with Crippen molar-refractivity contribution in [3.05, 3.63) is 102 Å². The van der Waals surface area contributed by atoms with Gasteiger partial charge in [0.15, 0.2) is 0 Å². The lowest BCUT2D eigenvalue weighted by atomic mass is 9.87. The summed E-state index contributed by atoms with van der Waals surface area (Å²) in [6.45, 7) is 1.00. The lowest BCUT2D eigenvalue weighted by Gasteiger charge is -2.18. The monoisotopic (exact) mass is 301 g/mol. The summed E-state index contributed by atoms with van der Waals surface area (Å²) in [6, 6.07) is 32.1. The maximum absolute atomic E-state index is 3.50. The quantitative estimate of drug-likeness (QED) is 0.551. The minimum Gasteiger partial charge on any atom is -0.385 e. The van der Waals surface area contributed by atoms with Crippen LogP contribution >= 0.6 is 0 Å². The molecule has 0 spiro atoms. The first-order chi connectivity index (χ1) is 11.4. The van der Waals surface area contributed by atoms with E-state index in [9.17, 15) is 0 Å². The molecule has 0 bridgehead atoms. The fourth-order valence-corrected chi connectivity index (χ4v) is 2.99. The second-order valence-corrected chi connectivity index (χ2v) is 5.81. The summed E-state index contributed by atoms with van der Waals surface area (Å²) in [4.78, 5) is 0. The van der Waals surface area contributed by atoms with Gasteiger partial charge in [-0.05, 0) is 36.1 Å². The molecular weight excluding hydrogens is 278 g/mol. The van der Waals surface area contributed by atoms with Crippen molar-refractivity contribution in [1.82, 2.24) is 0 Å². The summed E-state index contributed by atoms with van der Waals surface area (Å²) >= 11 is 0. The molecule has 3 rings (SSSR count). The second-order valence-electron chi connectivity index (χ2n) is 5.81. The van der Waals surface area contributed by atoms with Gasteiger partial charge in [0.25, 0.3) is 0 Å². The van der Waals surface area contributed by atoms with Gasteiger partial charge in [0.2, 0.25) is 0 Å². The van der Waals surface area contributed by atoms with Crippen LogP contribution in [0.1, 0.15) is 29.9 Å². The van der Waals surface area contributed by atoms with E-state index in [1.807, 2.05) is 6.07 Å². The van der Waals surface area contributed by atoms with E-state index in [-0.39, 0.29) is 0 Å². The molecule has 23 heavy (non-hydrogen) atoms. The van der Waals surface area contributed by atoms with Crippen LogP contribution < -0.4 is 5.32 Å². The van der Waals surface area contributed by atoms with Crippen LogP contribution in [0.4, 0.5) is 5.69 Å². The van der Waals surface area contributed by atoms with E-state index in [0.717, 1.165) is 19.4 Å². The van der Waals surface area contributed by atoms with E-state index in [1.54, 1.807) is 0 Å². The normalized spacial score (nSPS) is 10.7. The average molecular weight is 301 g/mol. The molecule has 1 heteroatoms. The summed E-state index contributed by atoms with van der Waals surface area (Å²) in [5.41, 5.74) is 4.00. The Morgan fingerprint density at radius 2 is 1.09 bits per heavy atom. The fraction of sp³-hybridized carbons (Fsp3) is 0.182. The number of anilines is 1. The van der Waals surface area contributed by atoms with Crippen molar-refractivity contribution in [1.29, 1.82) is 0 Å². The molecule has 3 aromatic carbocycles. The molecule has 116 valence electrons. The Labute approximate surface area is 139 Å². The van der Waals surface area contributed by atoms with Gasteiger partial charge in [0.1, 0.15) is 0 Å². The number of rotatable bonds is 7. The topological polar surface area (TPSA) is 12.0 Å². The zero-order valence-corrected chi connectivity index (χ0v) is 13.4. The van der Waals surface area contributed by atoms with Crippen LogP contribution in [-0.2, 0) is 0 Å². The fourth-order valence-electron chi connectivity index (χ4n) is 2.99. The van der Waals surface area contributed by atoms with Gasteiger partial charge in [-0.25, -0.2) is 0 Å². The number of hydrogen-bond acceptors (Lipinski definition) is 1. The van der Waals surface area contributed by atoms with E-state index in [1.165, 1.54) is 16.8 Å². The standard InChI is InChI=1S/C22H23N/c1-4-11-19(12-5-1)22(20-13-6-2-7-14-20)17-10-18-23-21-15-8-3-9-16-21/h1-9,11-16,22-23H,10,17-18H2. The highest BCUT2D eigenvalue weighted by atomic mass is 14.9. The average Bonchev–Trinajstić information content (AvgIpc) is 2.64. The minimum atomic E-state index is 0.468. The van der Waals surface area contributed by atoms with Crippen molar-refractivity contribution >= 4 is 5.69 Å². The van der Waals surface area contributed by atoms with Crippen molar-refractivity contribution in [3.8, 4) is 0 Å². The van der Waals surface area contributed by atoms with Crippen LogP contribution in [0.2, 0.25) is 0 Å². The van der Waals surface area contributed by atoms with Gasteiger partial charge in [-0.1, -0.05) is 78.9 Å². The summed E-state index contributed by atoms with van der Waals surface area (Å²) in [7, 11) is 0. The van der Waals surface area contributed by atoms with Crippen molar-refractivity contribution in [2.24, 2.45) is 0 Å². The van der Waals surface area contributed by atoms with Gasteiger partial charge in [-0.2, -0.15) is 0 Å². The largest absolute Gasteiger partial charge is 0.385 e. The molecular formula is C22H23N. The Balaban J connectivity index is 1.63. The molecule has 0 radical (unpaired) electrons. The molecule has 0 fully saturated rings. The SMILES string of the molecule is c1ccc(NCCCC(c2ccccc2)c2ccccc2)cc1. The molecule has 0 heterocycles. The van der Waals surface area contributed by atoms with E-state index in [2.05, 4.69) is 90.2 Å². The highest BCUT2D eigenvalue weighted by Crippen LogP contribution is 2.28. The molecule has 0 aliphatic carbocycles. The Morgan fingerprint density at radius 3 is 1.61 bits per heavy atom. The van der Waals surface area contributed by atoms with Crippen LogP contribution in [0.3, 0.4) is 0 Å². The lowest BCUT2D eigenvalue weighted by Crippen LogP contribution is -2.06. The predicted molar refractivity (Wildman–Crippen MR) is 98.9 cm³/mol. The third kappa shape index (κ3) is 4.46.